The van der Waals surface area contributed by atoms with E-state index in [-0.39, 0.29) is 29.9 Å². The summed E-state index contributed by atoms with van der Waals surface area (Å²) in [6.07, 6.45) is 4.66. The Balaban J connectivity index is 1.82. The van der Waals surface area contributed by atoms with Gasteiger partial charge in [-0.25, -0.2) is 18.3 Å². The van der Waals surface area contributed by atoms with Gasteiger partial charge < -0.3 is 9.30 Å². The zero-order chi connectivity index (χ0) is 28.3. The molecule has 1 amide bonds. The Morgan fingerprint density at radius 1 is 1.11 bits per heavy atom. The summed E-state index contributed by atoms with van der Waals surface area (Å²) < 4.78 is 44.3. The number of benzene rings is 2. The molecule has 1 aromatic heterocycles. The number of aryl methyl sites for hydroxylation is 2. The Hall–Kier alpha value is -3.08. The Kier molecular flexibility index (Phi) is 8.80. The summed E-state index contributed by atoms with van der Waals surface area (Å²) in [5.74, 6) is -1.41. The molecule has 8 nitrogen and oxygen atoms in total. The second-order valence-electron chi connectivity index (χ2n) is 10.4. The number of sulfone groups is 1. The van der Waals surface area contributed by atoms with E-state index in [1.165, 1.54) is 23.2 Å². The summed E-state index contributed by atoms with van der Waals surface area (Å²) in [4.78, 5) is 25.1. The molecule has 0 aliphatic rings. The average Bonchev–Trinajstić information content (AvgIpc) is 2.86. The number of carbonyl (C=O) groups is 1. The van der Waals surface area contributed by atoms with Crippen LogP contribution in [0.5, 0.6) is 0 Å². The first-order valence-corrected chi connectivity index (χ1v) is 14.2. The van der Waals surface area contributed by atoms with Gasteiger partial charge in [0.2, 0.25) is 0 Å². The smallest absolute Gasteiger partial charge is 0.264 e. The minimum Gasteiger partial charge on any atom is -0.379 e. The van der Waals surface area contributed by atoms with Gasteiger partial charge in [-0.1, -0.05) is 18.2 Å². The minimum atomic E-state index is -3.89. The molecule has 0 aliphatic carbocycles. The van der Waals surface area contributed by atoms with Crippen molar-refractivity contribution in [1.29, 1.82) is 0 Å². The molecule has 38 heavy (non-hydrogen) atoms. The number of hydroxylamine groups is 1. The van der Waals surface area contributed by atoms with Crippen LogP contribution in [0.25, 0.3) is 21.9 Å². The number of rotatable bonds is 11. The predicted molar refractivity (Wildman–Crippen MR) is 145 cm³/mol. The Morgan fingerprint density at radius 3 is 2.42 bits per heavy atom. The molecule has 0 saturated heterocycles. The molecule has 3 rings (SSSR count). The maximum Gasteiger partial charge on any atom is 0.264 e. The fourth-order valence-corrected chi connectivity index (χ4v) is 5.16. The van der Waals surface area contributed by atoms with E-state index in [2.05, 4.69) is 0 Å². The number of aromatic nitrogens is 1. The van der Waals surface area contributed by atoms with Crippen molar-refractivity contribution in [3.63, 3.8) is 0 Å². The Labute approximate surface area is 222 Å². The number of carbonyl (C=O) groups excluding carboxylic acids is 1. The monoisotopic (exact) mass is 546 g/mol. The number of fused-ring (bicyclic) bond motifs is 1. The lowest BCUT2D eigenvalue weighted by Crippen LogP contribution is -2.49. The summed E-state index contributed by atoms with van der Waals surface area (Å²) in [6.45, 7) is 5.18. The average molecular weight is 547 g/mol. The van der Waals surface area contributed by atoms with Crippen molar-refractivity contribution in [2.75, 3.05) is 13.4 Å². The van der Waals surface area contributed by atoms with E-state index in [1.54, 1.807) is 43.5 Å². The molecule has 0 radical (unpaired) electrons. The van der Waals surface area contributed by atoms with Crippen LogP contribution < -0.4 is 11.0 Å². The molecule has 2 aromatic carbocycles. The van der Waals surface area contributed by atoms with Crippen molar-refractivity contribution in [2.24, 2.45) is 0 Å². The van der Waals surface area contributed by atoms with Crippen molar-refractivity contribution in [2.45, 2.75) is 63.3 Å². The third-order valence-electron chi connectivity index (χ3n) is 7.35. The summed E-state index contributed by atoms with van der Waals surface area (Å²) in [6, 6.07) is 11.9. The lowest BCUT2D eigenvalue weighted by molar-refractivity contribution is -0.131. The summed E-state index contributed by atoms with van der Waals surface area (Å²) in [7, 11) is -2.21. The zero-order valence-electron chi connectivity index (χ0n) is 22.4. The number of pyridine rings is 1. The second-order valence-corrected chi connectivity index (χ2v) is 12.9. The number of ether oxygens (including phenoxy) is 1. The molecule has 1 heterocycles. The van der Waals surface area contributed by atoms with Crippen LogP contribution >= 0.6 is 0 Å². The topological polar surface area (TPSA) is 115 Å². The molecular weight excluding hydrogens is 511 g/mol. The van der Waals surface area contributed by atoms with Crippen molar-refractivity contribution >= 4 is 26.5 Å². The standard InChI is InChI=1S/C28H35FN2O6S/c1-27(2,37-4)13-6-7-19-8-10-22(24(29)17-19)20-9-11-23-21(18-20)12-15-31(25(23)32)16-14-28(3,26(33)30-34)38(5,35)36/h8-12,15,17-18,34H,6-7,13-14,16H2,1-5H3,(H,30,33)/t28-/m0/s1. The van der Waals surface area contributed by atoms with E-state index < -0.39 is 20.5 Å². The van der Waals surface area contributed by atoms with E-state index in [9.17, 15) is 18.0 Å². The summed E-state index contributed by atoms with van der Waals surface area (Å²) >= 11 is 0. The third kappa shape index (κ3) is 6.31. The molecule has 0 saturated carbocycles. The third-order valence-corrected chi connectivity index (χ3v) is 9.37. The highest BCUT2D eigenvalue weighted by atomic mass is 32.2. The van der Waals surface area contributed by atoms with E-state index in [0.29, 0.717) is 21.9 Å². The Bertz CT molecular complexity index is 1500. The lowest BCUT2D eigenvalue weighted by Gasteiger charge is -2.25. The van der Waals surface area contributed by atoms with Gasteiger partial charge in [0.25, 0.3) is 11.5 Å². The van der Waals surface area contributed by atoms with E-state index in [0.717, 1.165) is 31.1 Å². The number of methoxy groups -OCH3 is 1. The number of hydrogen-bond acceptors (Lipinski definition) is 6. The quantitative estimate of drug-likeness (QED) is 0.274. The molecule has 206 valence electrons. The van der Waals surface area contributed by atoms with Crippen molar-refractivity contribution < 1.29 is 27.5 Å². The van der Waals surface area contributed by atoms with E-state index in [1.807, 2.05) is 19.9 Å². The van der Waals surface area contributed by atoms with Crippen LogP contribution in [-0.2, 0) is 32.3 Å². The first-order chi connectivity index (χ1) is 17.7. The number of hydrogen-bond donors (Lipinski definition) is 2. The van der Waals surface area contributed by atoms with Gasteiger partial charge in [0, 0.05) is 37.1 Å². The van der Waals surface area contributed by atoms with Crippen LogP contribution in [0.4, 0.5) is 4.39 Å². The van der Waals surface area contributed by atoms with E-state index in [4.69, 9.17) is 9.94 Å². The Morgan fingerprint density at radius 2 is 1.82 bits per heavy atom. The molecule has 0 unspecified atom stereocenters. The molecule has 2 N–H and O–H groups in total. The highest BCUT2D eigenvalue weighted by Crippen LogP contribution is 2.28. The van der Waals surface area contributed by atoms with Crippen LogP contribution in [0.3, 0.4) is 0 Å². The van der Waals surface area contributed by atoms with Gasteiger partial charge in [0.05, 0.1) is 5.60 Å². The highest BCUT2D eigenvalue weighted by Gasteiger charge is 2.43. The maximum atomic E-state index is 15.0. The van der Waals surface area contributed by atoms with Gasteiger partial charge >= 0.3 is 0 Å². The number of nitrogens with one attached hydrogen (secondary N) is 1. The normalized spacial score (nSPS) is 13.9. The fraction of sp³-hybridized carbons (Fsp3) is 0.429. The zero-order valence-corrected chi connectivity index (χ0v) is 23.2. The van der Waals surface area contributed by atoms with Crippen molar-refractivity contribution in [3.05, 3.63) is 70.4 Å². The van der Waals surface area contributed by atoms with Crippen LogP contribution in [0.2, 0.25) is 0 Å². The molecular formula is C28H35FN2O6S. The van der Waals surface area contributed by atoms with Gasteiger partial charge in [-0.15, -0.1) is 0 Å². The predicted octanol–water partition coefficient (Wildman–Crippen LogP) is 4.25. The first kappa shape index (κ1) is 29.5. The lowest BCUT2D eigenvalue weighted by atomic mass is 9.96. The van der Waals surface area contributed by atoms with Crippen molar-refractivity contribution in [1.82, 2.24) is 10.0 Å². The van der Waals surface area contributed by atoms with Gasteiger partial charge in [-0.05, 0) is 87.2 Å². The number of amides is 1. The van der Waals surface area contributed by atoms with Gasteiger partial charge in [0.1, 0.15) is 5.82 Å². The van der Waals surface area contributed by atoms with Gasteiger partial charge in [0.15, 0.2) is 14.6 Å². The molecule has 10 heteroatoms. The molecule has 0 spiro atoms. The summed E-state index contributed by atoms with van der Waals surface area (Å²) in [5, 5.41) is 9.98. The van der Waals surface area contributed by atoms with Crippen LogP contribution in [0.15, 0.2) is 53.5 Å². The second kappa shape index (κ2) is 11.3. The van der Waals surface area contributed by atoms with Crippen molar-refractivity contribution in [3.8, 4) is 11.1 Å². The van der Waals surface area contributed by atoms with Gasteiger partial charge in [-0.3, -0.25) is 14.8 Å². The minimum absolute atomic E-state index is 0.0643. The summed E-state index contributed by atoms with van der Waals surface area (Å²) in [5.41, 5.74) is 2.77. The largest absolute Gasteiger partial charge is 0.379 e. The maximum absolute atomic E-state index is 15.0. The highest BCUT2D eigenvalue weighted by molar-refractivity contribution is 7.92. The molecule has 0 aliphatic heterocycles. The fourth-order valence-electron chi connectivity index (χ4n) is 4.32. The van der Waals surface area contributed by atoms with Crippen LogP contribution in [0, 0.1) is 5.82 Å². The first-order valence-electron chi connectivity index (χ1n) is 12.3. The molecule has 1 atom stereocenters. The molecule has 3 aromatic rings. The SMILES string of the molecule is COC(C)(C)CCCc1ccc(-c2ccc3c(=O)n(CC[C@@](C)(C(=O)NO)S(C)(=O)=O)ccc3c2)c(F)c1. The molecule has 0 fully saturated rings. The van der Waals surface area contributed by atoms with Crippen LogP contribution in [0.1, 0.15) is 45.6 Å². The van der Waals surface area contributed by atoms with E-state index >= 15 is 4.39 Å². The number of nitrogens with zero attached hydrogens (tertiary/aromatic N) is 1. The number of halogens is 1. The van der Waals surface area contributed by atoms with Crippen LogP contribution in [-0.4, -0.2) is 47.8 Å². The van der Waals surface area contributed by atoms with Gasteiger partial charge in [-0.2, -0.15) is 0 Å². The molecule has 0 bridgehead atoms.